The number of rotatable bonds is 5. The molecular formula is C52H33N3. The fourth-order valence-electron chi connectivity index (χ4n) is 8.60. The van der Waals surface area contributed by atoms with Gasteiger partial charge in [-0.15, -0.1) is 0 Å². The highest BCUT2D eigenvalue weighted by atomic mass is 15.1. The van der Waals surface area contributed by atoms with Gasteiger partial charge in [0.1, 0.15) is 11.6 Å². The predicted octanol–water partition coefficient (Wildman–Crippen LogP) is 13.7. The first-order chi connectivity index (χ1) is 27.3. The Morgan fingerprint density at radius 3 is 1.84 bits per heavy atom. The van der Waals surface area contributed by atoms with Crippen LogP contribution in [0, 0.1) is 0 Å². The molecule has 0 radical (unpaired) electrons. The van der Waals surface area contributed by atoms with Gasteiger partial charge in [0.15, 0.2) is 0 Å². The van der Waals surface area contributed by atoms with Crippen molar-refractivity contribution in [1.29, 1.82) is 0 Å². The molecule has 11 rings (SSSR count). The van der Waals surface area contributed by atoms with Crippen LogP contribution in [0.4, 0.5) is 0 Å². The third-order valence-corrected chi connectivity index (χ3v) is 11.0. The van der Waals surface area contributed by atoms with Gasteiger partial charge in [-0.25, -0.2) is 9.97 Å². The molecule has 256 valence electrons. The highest BCUT2D eigenvalue weighted by molar-refractivity contribution is 6.26. The third-order valence-electron chi connectivity index (χ3n) is 11.0. The molecule has 0 bridgehead atoms. The summed E-state index contributed by atoms with van der Waals surface area (Å²) >= 11 is 0. The average Bonchev–Trinajstić information content (AvgIpc) is 3.66. The molecule has 0 N–H and O–H groups in total. The fourth-order valence-corrected chi connectivity index (χ4v) is 8.60. The van der Waals surface area contributed by atoms with E-state index >= 15 is 0 Å². The normalized spacial score (nSPS) is 11.6. The largest absolute Gasteiger partial charge is 0.276 e. The van der Waals surface area contributed by atoms with E-state index in [0.717, 1.165) is 39.4 Å². The molecule has 0 saturated heterocycles. The lowest BCUT2D eigenvalue weighted by molar-refractivity contribution is 1.03. The molecule has 0 aliphatic heterocycles. The van der Waals surface area contributed by atoms with Crippen molar-refractivity contribution < 1.29 is 0 Å². The number of hydrogen-bond acceptors (Lipinski definition) is 2. The quantitative estimate of drug-likeness (QED) is 0.132. The number of aromatic nitrogens is 3. The summed E-state index contributed by atoms with van der Waals surface area (Å²) in [6, 6.07) is 69.9. The number of para-hydroxylation sites is 2. The van der Waals surface area contributed by atoms with E-state index in [4.69, 9.17) is 9.97 Å². The van der Waals surface area contributed by atoms with Gasteiger partial charge >= 0.3 is 0 Å². The Morgan fingerprint density at radius 1 is 0.364 bits per heavy atom. The molecule has 0 fully saturated rings. The zero-order chi connectivity index (χ0) is 36.3. The highest BCUT2D eigenvalue weighted by Gasteiger charge is 2.20. The molecule has 0 atom stereocenters. The summed E-state index contributed by atoms with van der Waals surface area (Å²) in [5.74, 6) is 1.71. The highest BCUT2D eigenvalue weighted by Crippen LogP contribution is 2.47. The standard InChI is InChI=1S/C52H33N3/c1-2-15-34(16-3-1)50-42-23-8-9-24-43(42)51(45-33-37-17-4-5-20-39(37)40-21-6-7-22-41(40)45)44-29-28-36(32-46(44)50)35-18-14-19-38(31-35)52-54-47-25-10-11-26-48(47)55(52)49-27-12-13-30-53-49/h1-33H. The summed E-state index contributed by atoms with van der Waals surface area (Å²) in [5.41, 5.74) is 10.2. The minimum absolute atomic E-state index is 0.843. The third kappa shape index (κ3) is 5.05. The number of pyridine rings is 1. The first-order valence-electron chi connectivity index (χ1n) is 18.7. The summed E-state index contributed by atoms with van der Waals surface area (Å²) in [7, 11) is 0. The number of nitrogens with zero attached hydrogens (tertiary/aromatic N) is 3. The van der Waals surface area contributed by atoms with Gasteiger partial charge in [0.2, 0.25) is 0 Å². The summed E-state index contributed by atoms with van der Waals surface area (Å²) in [5, 5.41) is 9.98. The average molecular weight is 700 g/mol. The smallest absolute Gasteiger partial charge is 0.146 e. The van der Waals surface area contributed by atoms with E-state index in [1.54, 1.807) is 0 Å². The van der Waals surface area contributed by atoms with Crippen molar-refractivity contribution in [1.82, 2.24) is 14.5 Å². The second-order valence-corrected chi connectivity index (χ2v) is 14.1. The van der Waals surface area contributed by atoms with Crippen molar-refractivity contribution in [3.63, 3.8) is 0 Å². The maximum absolute atomic E-state index is 5.15. The summed E-state index contributed by atoms with van der Waals surface area (Å²) < 4.78 is 2.16. The topological polar surface area (TPSA) is 30.7 Å². The SMILES string of the molecule is c1ccc(-c2c3ccccc3c(-c3cc4ccccc4c4ccccc34)c3ccc(-c4cccc(-c5nc6ccccc6n5-c5ccccn5)c4)cc23)cc1. The van der Waals surface area contributed by atoms with Crippen molar-refractivity contribution in [2.45, 2.75) is 0 Å². The molecule has 55 heavy (non-hydrogen) atoms. The Labute approximate surface area is 318 Å². The van der Waals surface area contributed by atoms with Crippen LogP contribution in [0.2, 0.25) is 0 Å². The van der Waals surface area contributed by atoms with Crippen molar-refractivity contribution in [2.75, 3.05) is 0 Å². The molecule has 2 heterocycles. The van der Waals surface area contributed by atoms with Gasteiger partial charge < -0.3 is 0 Å². The van der Waals surface area contributed by atoms with Crippen LogP contribution in [0.25, 0.3) is 105 Å². The van der Waals surface area contributed by atoms with Crippen LogP contribution >= 0.6 is 0 Å². The lowest BCUT2D eigenvalue weighted by atomic mass is 9.83. The fraction of sp³-hybridized carbons (Fsp3) is 0. The van der Waals surface area contributed by atoms with Crippen LogP contribution in [0.5, 0.6) is 0 Å². The van der Waals surface area contributed by atoms with Crippen LogP contribution in [-0.4, -0.2) is 14.5 Å². The van der Waals surface area contributed by atoms with Crippen LogP contribution in [0.1, 0.15) is 0 Å². The minimum Gasteiger partial charge on any atom is -0.276 e. The summed E-state index contributed by atoms with van der Waals surface area (Å²) in [6.45, 7) is 0. The molecule has 0 unspecified atom stereocenters. The molecule has 3 nitrogen and oxygen atoms in total. The lowest BCUT2D eigenvalue weighted by Crippen LogP contribution is -1.99. The Kier molecular flexibility index (Phi) is 7.17. The molecule has 0 saturated carbocycles. The molecule has 0 amide bonds. The van der Waals surface area contributed by atoms with E-state index in [0.29, 0.717) is 0 Å². The van der Waals surface area contributed by atoms with Crippen molar-refractivity contribution in [3.05, 3.63) is 200 Å². The number of hydrogen-bond donors (Lipinski definition) is 0. The molecular weight excluding hydrogens is 667 g/mol. The lowest BCUT2D eigenvalue weighted by Gasteiger charge is -2.20. The molecule has 0 aliphatic rings. The number of imidazole rings is 1. The maximum atomic E-state index is 5.15. The van der Waals surface area contributed by atoms with Gasteiger partial charge in [0, 0.05) is 11.8 Å². The van der Waals surface area contributed by atoms with Gasteiger partial charge in [-0.3, -0.25) is 4.57 Å². The van der Waals surface area contributed by atoms with Crippen LogP contribution in [0.3, 0.4) is 0 Å². The molecule has 2 aromatic heterocycles. The summed E-state index contributed by atoms with van der Waals surface area (Å²) in [6.07, 6.45) is 1.84. The van der Waals surface area contributed by atoms with E-state index in [1.165, 1.54) is 65.3 Å². The second kappa shape index (κ2) is 12.6. The van der Waals surface area contributed by atoms with Gasteiger partial charge in [-0.1, -0.05) is 152 Å². The minimum atomic E-state index is 0.843. The maximum Gasteiger partial charge on any atom is 0.146 e. The number of fused-ring (bicyclic) bond motifs is 6. The van der Waals surface area contributed by atoms with E-state index in [-0.39, 0.29) is 0 Å². The van der Waals surface area contributed by atoms with Crippen molar-refractivity contribution in [3.8, 4) is 50.6 Å². The predicted molar refractivity (Wildman–Crippen MR) is 231 cm³/mol. The molecule has 9 aromatic carbocycles. The molecule has 0 aliphatic carbocycles. The van der Waals surface area contributed by atoms with Crippen molar-refractivity contribution in [2.24, 2.45) is 0 Å². The van der Waals surface area contributed by atoms with Gasteiger partial charge in [-0.05, 0) is 119 Å². The number of benzene rings is 9. The van der Waals surface area contributed by atoms with Gasteiger partial charge in [-0.2, -0.15) is 0 Å². The monoisotopic (exact) mass is 699 g/mol. The molecule has 0 spiro atoms. The van der Waals surface area contributed by atoms with Crippen LogP contribution < -0.4 is 0 Å². The first kappa shape index (κ1) is 31.2. The van der Waals surface area contributed by atoms with E-state index < -0.39 is 0 Å². The van der Waals surface area contributed by atoms with Crippen molar-refractivity contribution >= 4 is 54.1 Å². The second-order valence-electron chi connectivity index (χ2n) is 14.1. The van der Waals surface area contributed by atoms with Gasteiger partial charge in [0.05, 0.1) is 11.0 Å². The van der Waals surface area contributed by atoms with Crippen LogP contribution in [0.15, 0.2) is 200 Å². The zero-order valence-corrected chi connectivity index (χ0v) is 29.9. The first-order valence-corrected chi connectivity index (χ1v) is 18.7. The van der Waals surface area contributed by atoms with Crippen LogP contribution in [-0.2, 0) is 0 Å². The Bertz CT molecular complexity index is 3250. The molecule has 11 aromatic rings. The molecule has 3 heteroatoms. The van der Waals surface area contributed by atoms with Gasteiger partial charge in [0.25, 0.3) is 0 Å². The van der Waals surface area contributed by atoms with E-state index in [9.17, 15) is 0 Å². The van der Waals surface area contributed by atoms with E-state index in [2.05, 4.69) is 174 Å². The zero-order valence-electron chi connectivity index (χ0n) is 29.9. The summed E-state index contributed by atoms with van der Waals surface area (Å²) in [4.78, 5) is 9.87. The Morgan fingerprint density at radius 2 is 1.00 bits per heavy atom. The van der Waals surface area contributed by atoms with E-state index in [1.807, 2.05) is 30.5 Å². The Balaban J connectivity index is 1.19. The Hall–Kier alpha value is -7.36.